The molecule has 0 bridgehead atoms. The van der Waals surface area contributed by atoms with Crippen LogP contribution < -0.4 is 0 Å². The molecule has 4 nitrogen and oxygen atoms in total. The normalized spacial score (nSPS) is 11.1. The quantitative estimate of drug-likeness (QED) is 0.766. The average molecular weight is 259 g/mol. The molecule has 0 spiro atoms. The first kappa shape index (κ1) is 13.7. The SMILES string of the molecule is CC(C)CCCc1noc(CCc2ccncc2)n1. The Labute approximate surface area is 114 Å². The Morgan fingerprint density at radius 3 is 2.63 bits per heavy atom. The molecule has 0 saturated heterocycles. The topological polar surface area (TPSA) is 51.8 Å². The van der Waals surface area contributed by atoms with Crippen LogP contribution in [0.3, 0.4) is 0 Å². The summed E-state index contributed by atoms with van der Waals surface area (Å²) in [4.78, 5) is 8.43. The van der Waals surface area contributed by atoms with Gasteiger partial charge in [-0.25, -0.2) is 0 Å². The summed E-state index contributed by atoms with van der Waals surface area (Å²) in [5, 5.41) is 4.03. The summed E-state index contributed by atoms with van der Waals surface area (Å²) in [5.41, 5.74) is 1.24. The zero-order valence-electron chi connectivity index (χ0n) is 11.7. The van der Waals surface area contributed by atoms with Crippen LogP contribution in [0.4, 0.5) is 0 Å². The van der Waals surface area contributed by atoms with E-state index in [2.05, 4.69) is 29.0 Å². The molecule has 0 aliphatic heterocycles. The molecule has 0 unspecified atom stereocenters. The minimum atomic E-state index is 0.733. The van der Waals surface area contributed by atoms with Crippen molar-refractivity contribution >= 4 is 0 Å². The van der Waals surface area contributed by atoms with Gasteiger partial charge >= 0.3 is 0 Å². The first-order valence-electron chi connectivity index (χ1n) is 6.94. The highest BCUT2D eigenvalue weighted by Crippen LogP contribution is 2.09. The van der Waals surface area contributed by atoms with E-state index in [4.69, 9.17) is 4.52 Å². The van der Waals surface area contributed by atoms with Gasteiger partial charge in [0.1, 0.15) is 0 Å². The van der Waals surface area contributed by atoms with Crippen molar-refractivity contribution in [3.8, 4) is 0 Å². The average Bonchev–Trinajstić information content (AvgIpc) is 2.85. The van der Waals surface area contributed by atoms with Gasteiger partial charge in [0.05, 0.1) is 0 Å². The van der Waals surface area contributed by atoms with E-state index in [0.717, 1.165) is 43.3 Å². The number of aryl methyl sites for hydroxylation is 3. The van der Waals surface area contributed by atoms with Gasteiger partial charge < -0.3 is 4.52 Å². The minimum absolute atomic E-state index is 0.733. The van der Waals surface area contributed by atoms with Gasteiger partial charge in [0, 0.05) is 25.2 Å². The van der Waals surface area contributed by atoms with E-state index in [9.17, 15) is 0 Å². The molecule has 4 heteroatoms. The Balaban J connectivity index is 1.77. The van der Waals surface area contributed by atoms with Crippen molar-refractivity contribution in [2.75, 3.05) is 0 Å². The standard InChI is InChI=1S/C15H21N3O/c1-12(2)4-3-5-14-17-15(19-18-14)7-6-13-8-10-16-11-9-13/h8-12H,3-7H2,1-2H3. The summed E-state index contributed by atoms with van der Waals surface area (Å²) in [6, 6.07) is 4.03. The molecule has 0 fully saturated rings. The molecule has 0 amide bonds. The van der Waals surface area contributed by atoms with E-state index >= 15 is 0 Å². The maximum Gasteiger partial charge on any atom is 0.226 e. The van der Waals surface area contributed by atoms with Crippen LogP contribution in [0.1, 0.15) is 44.0 Å². The van der Waals surface area contributed by atoms with Crippen LogP contribution in [0.15, 0.2) is 29.0 Å². The Kier molecular flexibility index (Phi) is 5.07. The molecule has 0 atom stereocenters. The second-order valence-electron chi connectivity index (χ2n) is 5.25. The Morgan fingerprint density at radius 2 is 1.89 bits per heavy atom. The van der Waals surface area contributed by atoms with Crippen LogP contribution in [0, 0.1) is 5.92 Å². The molecule has 0 aliphatic carbocycles. The van der Waals surface area contributed by atoms with Gasteiger partial charge in [0.2, 0.25) is 5.89 Å². The van der Waals surface area contributed by atoms with E-state index < -0.39 is 0 Å². The Morgan fingerprint density at radius 1 is 1.11 bits per heavy atom. The number of nitrogens with zero attached hydrogens (tertiary/aromatic N) is 3. The Bertz CT molecular complexity index is 479. The third kappa shape index (κ3) is 4.81. The molecule has 0 aromatic carbocycles. The van der Waals surface area contributed by atoms with Gasteiger partial charge in [-0.1, -0.05) is 25.4 Å². The van der Waals surface area contributed by atoms with Crippen LogP contribution in [-0.4, -0.2) is 15.1 Å². The second-order valence-corrected chi connectivity index (χ2v) is 5.25. The first-order valence-corrected chi connectivity index (χ1v) is 6.94. The lowest BCUT2D eigenvalue weighted by molar-refractivity contribution is 0.372. The van der Waals surface area contributed by atoms with Crippen molar-refractivity contribution in [3.05, 3.63) is 41.8 Å². The third-order valence-corrected chi connectivity index (χ3v) is 3.07. The highest BCUT2D eigenvalue weighted by atomic mass is 16.5. The van der Waals surface area contributed by atoms with Gasteiger partial charge in [-0.2, -0.15) is 4.98 Å². The lowest BCUT2D eigenvalue weighted by atomic mass is 10.1. The predicted octanol–water partition coefficient (Wildman–Crippen LogP) is 3.23. The van der Waals surface area contributed by atoms with E-state index in [0.29, 0.717) is 0 Å². The van der Waals surface area contributed by atoms with E-state index in [1.807, 2.05) is 12.1 Å². The monoisotopic (exact) mass is 259 g/mol. The maximum absolute atomic E-state index is 5.27. The second kappa shape index (κ2) is 7.02. The molecule has 2 heterocycles. The molecule has 2 aromatic rings. The number of aromatic nitrogens is 3. The summed E-state index contributed by atoms with van der Waals surface area (Å²) in [5.74, 6) is 2.31. The fraction of sp³-hybridized carbons (Fsp3) is 0.533. The smallest absolute Gasteiger partial charge is 0.226 e. The van der Waals surface area contributed by atoms with Gasteiger partial charge in [0.25, 0.3) is 0 Å². The molecule has 2 rings (SSSR count). The molecule has 2 aromatic heterocycles. The van der Waals surface area contributed by atoms with Crippen molar-refractivity contribution < 1.29 is 4.52 Å². The molecule has 19 heavy (non-hydrogen) atoms. The summed E-state index contributed by atoms with van der Waals surface area (Å²) < 4.78 is 5.27. The lowest BCUT2D eigenvalue weighted by Gasteiger charge is -2.00. The minimum Gasteiger partial charge on any atom is -0.339 e. The van der Waals surface area contributed by atoms with Crippen molar-refractivity contribution in [2.24, 2.45) is 5.92 Å². The van der Waals surface area contributed by atoms with Gasteiger partial charge in [0.15, 0.2) is 5.82 Å². The summed E-state index contributed by atoms with van der Waals surface area (Å²) in [7, 11) is 0. The maximum atomic E-state index is 5.27. The van der Waals surface area contributed by atoms with Gasteiger partial charge in [-0.05, 0) is 36.5 Å². The number of hydrogen-bond donors (Lipinski definition) is 0. The highest BCUT2D eigenvalue weighted by molar-refractivity contribution is 5.10. The summed E-state index contributed by atoms with van der Waals surface area (Å²) >= 11 is 0. The lowest BCUT2D eigenvalue weighted by Crippen LogP contribution is -1.94. The molecule has 0 N–H and O–H groups in total. The van der Waals surface area contributed by atoms with Crippen LogP contribution in [0.25, 0.3) is 0 Å². The molecule has 0 saturated carbocycles. The van der Waals surface area contributed by atoms with Crippen LogP contribution in [0.5, 0.6) is 0 Å². The zero-order valence-corrected chi connectivity index (χ0v) is 11.7. The van der Waals surface area contributed by atoms with E-state index in [1.165, 1.54) is 12.0 Å². The number of hydrogen-bond acceptors (Lipinski definition) is 4. The van der Waals surface area contributed by atoms with E-state index in [-0.39, 0.29) is 0 Å². The fourth-order valence-electron chi connectivity index (χ4n) is 1.96. The number of pyridine rings is 1. The molecular weight excluding hydrogens is 238 g/mol. The van der Waals surface area contributed by atoms with Crippen molar-refractivity contribution in [2.45, 2.75) is 46.0 Å². The third-order valence-electron chi connectivity index (χ3n) is 3.07. The largest absolute Gasteiger partial charge is 0.339 e. The first-order chi connectivity index (χ1) is 9.24. The highest BCUT2D eigenvalue weighted by Gasteiger charge is 2.06. The van der Waals surface area contributed by atoms with Crippen LogP contribution in [0.2, 0.25) is 0 Å². The molecule has 0 radical (unpaired) electrons. The summed E-state index contributed by atoms with van der Waals surface area (Å²) in [6.07, 6.45) is 8.57. The van der Waals surface area contributed by atoms with Crippen molar-refractivity contribution in [1.29, 1.82) is 0 Å². The predicted molar refractivity (Wildman–Crippen MR) is 73.7 cm³/mol. The van der Waals surface area contributed by atoms with E-state index in [1.54, 1.807) is 12.4 Å². The van der Waals surface area contributed by atoms with Crippen molar-refractivity contribution in [1.82, 2.24) is 15.1 Å². The number of rotatable bonds is 7. The Hall–Kier alpha value is -1.71. The molecule has 102 valence electrons. The fourth-order valence-corrected chi connectivity index (χ4v) is 1.96. The van der Waals surface area contributed by atoms with Crippen LogP contribution >= 0.6 is 0 Å². The molecule has 0 aliphatic rings. The zero-order chi connectivity index (χ0) is 13.5. The van der Waals surface area contributed by atoms with Crippen molar-refractivity contribution in [3.63, 3.8) is 0 Å². The molecular formula is C15H21N3O. The summed E-state index contributed by atoms with van der Waals surface area (Å²) in [6.45, 7) is 4.47. The van der Waals surface area contributed by atoms with Gasteiger partial charge in [-0.3, -0.25) is 4.98 Å². The van der Waals surface area contributed by atoms with Crippen LogP contribution in [-0.2, 0) is 19.3 Å². The van der Waals surface area contributed by atoms with Gasteiger partial charge in [-0.15, -0.1) is 0 Å².